The van der Waals surface area contributed by atoms with Crippen molar-refractivity contribution >= 4 is 5.69 Å². The first-order chi connectivity index (χ1) is 7.79. The van der Waals surface area contributed by atoms with Crippen LogP contribution in [-0.4, -0.2) is 18.2 Å². The number of phenols is 1. The number of hydrogen-bond acceptors (Lipinski definition) is 2. The number of unbranched alkanes of at least 4 members (excludes halogenated alkanes) is 3. The molecule has 0 heterocycles. The summed E-state index contributed by atoms with van der Waals surface area (Å²) in [6.07, 6.45) is 5.05. The lowest BCUT2D eigenvalue weighted by atomic mass is 10.2. The van der Waals surface area contributed by atoms with Gasteiger partial charge in [-0.3, -0.25) is 0 Å². The molecular formula is C14H23NO. The van der Waals surface area contributed by atoms with Gasteiger partial charge in [0.15, 0.2) is 0 Å². The topological polar surface area (TPSA) is 23.5 Å². The van der Waals surface area contributed by atoms with Gasteiger partial charge in [0.05, 0.1) is 5.69 Å². The number of hydrogen-bond donors (Lipinski definition) is 1. The maximum atomic E-state index is 9.77. The van der Waals surface area contributed by atoms with Crippen LogP contribution in [0.15, 0.2) is 24.3 Å². The molecule has 0 aliphatic heterocycles. The van der Waals surface area contributed by atoms with Crippen LogP contribution in [-0.2, 0) is 0 Å². The Morgan fingerprint density at radius 1 is 1.06 bits per heavy atom. The lowest BCUT2D eigenvalue weighted by Gasteiger charge is -2.23. The maximum absolute atomic E-state index is 9.77. The van der Waals surface area contributed by atoms with E-state index in [0.29, 0.717) is 5.75 Å². The van der Waals surface area contributed by atoms with Crippen molar-refractivity contribution in [2.24, 2.45) is 0 Å². The Kier molecular flexibility index (Phi) is 5.76. The highest BCUT2D eigenvalue weighted by atomic mass is 16.3. The van der Waals surface area contributed by atoms with Crippen molar-refractivity contribution in [3.63, 3.8) is 0 Å². The van der Waals surface area contributed by atoms with Gasteiger partial charge < -0.3 is 10.0 Å². The summed E-state index contributed by atoms with van der Waals surface area (Å²) in [7, 11) is 0. The number of rotatable bonds is 7. The van der Waals surface area contributed by atoms with E-state index in [9.17, 15) is 5.11 Å². The molecule has 0 saturated heterocycles. The van der Waals surface area contributed by atoms with E-state index in [1.54, 1.807) is 6.07 Å². The van der Waals surface area contributed by atoms with Crippen molar-refractivity contribution in [1.82, 2.24) is 0 Å². The molecule has 2 heteroatoms. The molecule has 0 aromatic heterocycles. The number of benzene rings is 1. The van der Waals surface area contributed by atoms with Crippen molar-refractivity contribution in [1.29, 1.82) is 0 Å². The normalized spacial score (nSPS) is 10.4. The van der Waals surface area contributed by atoms with Crippen molar-refractivity contribution in [3.8, 4) is 5.75 Å². The van der Waals surface area contributed by atoms with Crippen molar-refractivity contribution < 1.29 is 5.11 Å². The summed E-state index contributed by atoms with van der Waals surface area (Å²) in [5, 5.41) is 9.77. The minimum Gasteiger partial charge on any atom is -0.506 e. The molecule has 0 aliphatic carbocycles. The minimum absolute atomic E-state index is 0.389. The monoisotopic (exact) mass is 221 g/mol. The van der Waals surface area contributed by atoms with E-state index in [1.807, 2.05) is 18.2 Å². The van der Waals surface area contributed by atoms with Crippen LogP contribution in [0, 0.1) is 0 Å². The number of anilines is 1. The number of aromatic hydroxyl groups is 1. The van der Waals surface area contributed by atoms with Crippen LogP contribution in [0.4, 0.5) is 5.69 Å². The summed E-state index contributed by atoms with van der Waals surface area (Å²) >= 11 is 0. The number of phenolic OH excluding ortho intramolecular Hbond substituents is 1. The number of nitrogens with zero attached hydrogens (tertiary/aromatic N) is 1. The van der Waals surface area contributed by atoms with Crippen LogP contribution in [0.25, 0.3) is 0 Å². The predicted molar refractivity (Wildman–Crippen MR) is 70.1 cm³/mol. The van der Waals surface area contributed by atoms with Gasteiger partial charge in [0, 0.05) is 13.1 Å². The third-order valence-corrected chi connectivity index (χ3v) is 2.89. The molecule has 0 bridgehead atoms. The summed E-state index contributed by atoms with van der Waals surface area (Å²) in [5.41, 5.74) is 0.960. The minimum atomic E-state index is 0.389. The fourth-order valence-corrected chi connectivity index (χ4v) is 1.91. The zero-order valence-electron chi connectivity index (χ0n) is 10.4. The van der Waals surface area contributed by atoms with E-state index < -0.39 is 0 Å². The first-order valence-corrected chi connectivity index (χ1v) is 6.32. The fraction of sp³-hybridized carbons (Fsp3) is 0.571. The SMILES string of the molecule is CCCCCCN(CC)c1ccccc1O. The second-order valence-corrected chi connectivity index (χ2v) is 4.13. The van der Waals surface area contributed by atoms with E-state index in [4.69, 9.17) is 0 Å². The highest BCUT2D eigenvalue weighted by molar-refractivity contribution is 5.57. The van der Waals surface area contributed by atoms with Crippen LogP contribution in [0.1, 0.15) is 39.5 Å². The molecule has 0 fully saturated rings. The third-order valence-electron chi connectivity index (χ3n) is 2.89. The Morgan fingerprint density at radius 3 is 2.44 bits per heavy atom. The van der Waals surface area contributed by atoms with Crippen LogP contribution in [0.2, 0.25) is 0 Å². The second kappa shape index (κ2) is 7.15. The molecule has 1 rings (SSSR count). The van der Waals surface area contributed by atoms with Gasteiger partial charge in [-0.2, -0.15) is 0 Å². The van der Waals surface area contributed by atoms with Gasteiger partial charge in [-0.1, -0.05) is 38.3 Å². The quantitative estimate of drug-likeness (QED) is 0.708. The summed E-state index contributed by atoms with van der Waals surface area (Å²) in [5.74, 6) is 0.389. The molecule has 90 valence electrons. The molecule has 0 saturated carbocycles. The van der Waals surface area contributed by atoms with E-state index >= 15 is 0 Å². The van der Waals surface area contributed by atoms with Crippen molar-refractivity contribution in [2.75, 3.05) is 18.0 Å². The Balaban J connectivity index is 2.51. The summed E-state index contributed by atoms with van der Waals surface area (Å²) in [6, 6.07) is 7.58. The van der Waals surface area contributed by atoms with E-state index in [2.05, 4.69) is 18.7 Å². The van der Waals surface area contributed by atoms with Crippen LogP contribution < -0.4 is 4.90 Å². The molecule has 1 aromatic carbocycles. The van der Waals surface area contributed by atoms with Gasteiger partial charge in [0.25, 0.3) is 0 Å². The van der Waals surface area contributed by atoms with E-state index in [1.165, 1.54) is 25.7 Å². The van der Waals surface area contributed by atoms with E-state index in [0.717, 1.165) is 18.8 Å². The average Bonchev–Trinajstić information content (AvgIpc) is 2.31. The molecule has 0 radical (unpaired) electrons. The zero-order chi connectivity index (χ0) is 11.8. The van der Waals surface area contributed by atoms with Gasteiger partial charge in [-0.25, -0.2) is 0 Å². The molecule has 0 aliphatic rings. The largest absolute Gasteiger partial charge is 0.506 e. The molecule has 0 spiro atoms. The summed E-state index contributed by atoms with van der Waals surface area (Å²) in [4.78, 5) is 2.24. The van der Waals surface area contributed by atoms with Crippen molar-refractivity contribution in [2.45, 2.75) is 39.5 Å². The highest BCUT2D eigenvalue weighted by Crippen LogP contribution is 2.26. The molecule has 1 aromatic rings. The molecule has 0 unspecified atom stereocenters. The Labute approximate surface area is 98.9 Å². The molecular weight excluding hydrogens is 198 g/mol. The Hall–Kier alpha value is -1.18. The van der Waals surface area contributed by atoms with Gasteiger partial charge in [0.2, 0.25) is 0 Å². The Morgan fingerprint density at radius 2 is 1.81 bits per heavy atom. The second-order valence-electron chi connectivity index (χ2n) is 4.13. The predicted octanol–water partition coefficient (Wildman–Crippen LogP) is 3.80. The first kappa shape index (κ1) is 12.9. The van der Waals surface area contributed by atoms with Crippen LogP contribution in [0.5, 0.6) is 5.75 Å². The molecule has 2 nitrogen and oxygen atoms in total. The standard InChI is InChI=1S/C14H23NO/c1-3-5-6-9-12-15(4-2)13-10-7-8-11-14(13)16/h7-8,10-11,16H,3-6,9,12H2,1-2H3. The maximum Gasteiger partial charge on any atom is 0.138 e. The Bertz CT molecular complexity index is 299. The molecule has 0 atom stereocenters. The third kappa shape index (κ3) is 3.76. The van der Waals surface area contributed by atoms with Crippen LogP contribution >= 0.6 is 0 Å². The highest BCUT2D eigenvalue weighted by Gasteiger charge is 2.07. The molecule has 16 heavy (non-hydrogen) atoms. The number of para-hydroxylation sites is 2. The van der Waals surface area contributed by atoms with Gasteiger partial charge in [0.1, 0.15) is 5.75 Å². The van der Waals surface area contributed by atoms with Gasteiger partial charge in [-0.05, 0) is 25.5 Å². The molecule has 1 N–H and O–H groups in total. The van der Waals surface area contributed by atoms with Gasteiger partial charge >= 0.3 is 0 Å². The summed E-state index contributed by atoms with van der Waals surface area (Å²) < 4.78 is 0. The lowest BCUT2D eigenvalue weighted by molar-refractivity contribution is 0.473. The summed E-state index contributed by atoms with van der Waals surface area (Å²) in [6.45, 7) is 6.34. The molecule has 0 amide bonds. The average molecular weight is 221 g/mol. The lowest BCUT2D eigenvalue weighted by Crippen LogP contribution is -2.23. The van der Waals surface area contributed by atoms with E-state index in [-0.39, 0.29) is 0 Å². The van der Waals surface area contributed by atoms with Gasteiger partial charge in [-0.15, -0.1) is 0 Å². The smallest absolute Gasteiger partial charge is 0.138 e. The van der Waals surface area contributed by atoms with Crippen LogP contribution in [0.3, 0.4) is 0 Å². The first-order valence-electron chi connectivity index (χ1n) is 6.32. The fourth-order valence-electron chi connectivity index (χ4n) is 1.91. The zero-order valence-corrected chi connectivity index (χ0v) is 10.4. The van der Waals surface area contributed by atoms with Crippen molar-refractivity contribution in [3.05, 3.63) is 24.3 Å².